The predicted molar refractivity (Wildman–Crippen MR) is 71.0 cm³/mol. The normalized spacial score (nSPS) is 25.4. The monoisotopic (exact) mass is 208 g/mol. The summed E-state index contributed by atoms with van der Waals surface area (Å²) in [6.07, 6.45) is 13.7. The first-order valence-corrected chi connectivity index (χ1v) is 5.96. The summed E-state index contributed by atoms with van der Waals surface area (Å²) in [6, 6.07) is 4.62. The maximum Gasteiger partial charge on any atom is -0.00693 e. The molecule has 16 heavy (non-hydrogen) atoms. The summed E-state index contributed by atoms with van der Waals surface area (Å²) >= 11 is 0. The molecule has 1 aromatic rings. The van der Waals surface area contributed by atoms with Crippen molar-refractivity contribution >= 4 is 24.3 Å². The van der Waals surface area contributed by atoms with E-state index in [2.05, 4.69) is 62.4 Å². The molecule has 0 fully saturated rings. The molecule has 0 bridgehead atoms. The van der Waals surface area contributed by atoms with Gasteiger partial charge < -0.3 is 0 Å². The van der Waals surface area contributed by atoms with Crippen LogP contribution in [0.1, 0.15) is 25.0 Å². The van der Waals surface area contributed by atoms with Crippen molar-refractivity contribution < 1.29 is 0 Å². The minimum atomic E-state index is 0.557. The highest BCUT2D eigenvalue weighted by Gasteiger charge is 2.06. The first kappa shape index (κ1) is 9.65. The fourth-order valence-corrected chi connectivity index (χ4v) is 2.43. The molecular formula is C16H16. The fraction of sp³-hybridized carbons (Fsp3) is 0.250. The molecule has 0 nitrogen and oxygen atoms in total. The number of fused-ring (bicyclic) bond motifs is 2. The second-order valence-electron chi connectivity index (χ2n) is 4.88. The molecule has 0 spiro atoms. The highest BCUT2D eigenvalue weighted by Crippen LogP contribution is 2.12. The number of rotatable bonds is 0. The lowest BCUT2D eigenvalue weighted by Crippen LogP contribution is -2.20. The van der Waals surface area contributed by atoms with Crippen LogP contribution in [0.3, 0.4) is 0 Å². The van der Waals surface area contributed by atoms with Gasteiger partial charge in [0, 0.05) is 0 Å². The molecule has 2 unspecified atom stereocenters. The lowest BCUT2D eigenvalue weighted by molar-refractivity contribution is 0.985. The van der Waals surface area contributed by atoms with Gasteiger partial charge in [-0.1, -0.05) is 50.3 Å². The Bertz CT molecular complexity index is 544. The predicted octanol–water partition coefficient (Wildman–Crippen LogP) is 2.57. The summed E-state index contributed by atoms with van der Waals surface area (Å²) in [4.78, 5) is 0. The number of hydrogen-bond acceptors (Lipinski definition) is 0. The van der Waals surface area contributed by atoms with Crippen LogP contribution >= 0.6 is 0 Å². The van der Waals surface area contributed by atoms with E-state index in [0.29, 0.717) is 11.8 Å². The third kappa shape index (κ3) is 1.55. The van der Waals surface area contributed by atoms with Crippen molar-refractivity contribution in [2.45, 2.75) is 13.8 Å². The van der Waals surface area contributed by atoms with Gasteiger partial charge in [0.1, 0.15) is 0 Å². The van der Waals surface area contributed by atoms with Crippen LogP contribution in [0, 0.1) is 11.8 Å². The minimum Gasteiger partial charge on any atom is -0.0773 e. The van der Waals surface area contributed by atoms with E-state index in [4.69, 9.17) is 0 Å². The second-order valence-corrected chi connectivity index (χ2v) is 4.88. The quantitative estimate of drug-likeness (QED) is 0.614. The van der Waals surface area contributed by atoms with Gasteiger partial charge >= 0.3 is 0 Å². The van der Waals surface area contributed by atoms with Gasteiger partial charge in [0.2, 0.25) is 0 Å². The molecule has 0 heteroatoms. The molecule has 0 aromatic heterocycles. The van der Waals surface area contributed by atoms with Crippen LogP contribution in [-0.2, 0) is 0 Å². The van der Waals surface area contributed by atoms with E-state index in [9.17, 15) is 0 Å². The highest BCUT2D eigenvalue weighted by molar-refractivity contribution is 5.65. The molecule has 0 radical (unpaired) electrons. The summed E-state index contributed by atoms with van der Waals surface area (Å²) in [6.45, 7) is 4.45. The number of hydrogen-bond donors (Lipinski definition) is 0. The number of benzene rings is 1. The largest absolute Gasteiger partial charge is 0.0773 e. The third-order valence-corrected chi connectivity index (χ3v) is 3.33. The lowest BCUT2D eigenvalue weighted by Gasteiger charge is -2.12. The Balaban J connectivity index is 2.29. The van der Waals surface area contributed by atoms with Crippen LogP contribution in [0.4, 0.5) is 0 Å². The topological polar surface area (TPSA) is 0 Å². The van der Waals surface area contributed by atoms with Crippen LogP contribution in [0.2, 0.25) is 0 Å². The molecule has 0 aliphatic heterocycles. The summed E-state index contributed by atoms with van der Waals surface area (Å²) in [7, 11) is 0. The molecule has 0 saturated carbocycles. The van der Waals surface area contributed by atoms with E-state index in [0.717, 1.165) is 0 Å². The van der Waals surface area contributed by atoms with Gasteiger partial charge in [-0.2, -0.15) is 0 Å². The van der Waals surface area contributed by atoms with E-state index in [1.807, 2.05) is 0 Å². The smallest absolute Gasteiger partial charge is 0.00693 e. The van der Waals surface area contributed by atoms with Gasteiger partial charge in [0.15, 0.2) is 0 Å². The maximum atomic E-state index is 2.33. The molecule has 3 rings (SSSR count). The Morgan fingerprint density at radius 3 is 1.62 bits per heavy atom. The average Bonchev–Trinajstić information content (AvgIpc) is 2.26. The van der Waals surface area contributed by atoms with E-state index in [1.54, 1.807) is 0 Å². The van der Waals surface area contributed by atoms with Gasteiger partial charge in [-0.3, -0.25) is 0 Å². The van der Waals surface area contributed by atoms with Crippen LogP contribution in [0.25, 0.3) is 24.3 Å². The molecule has 2 atom stereocenters. The van der Waals surface area contributed by atoms with Crippen LogP contribution in [0.5, 0.6) is 0 Å². The van der Waals surface area contributed by atoms with Gasteiger partial charge in [0.05, 0.1) is 0 Å². The van der Waals surface area contributed by atoms with Crippen molar-refractivity contribution in [3.63, 3.8) is 0 Å². The maximum absolute atomic E-state index is 2.33. The molecule has 0 amide bonds. The van der Waals surface area contributed by atoms with E-state index < -0.39 is 0 Å². The molecule has 0 N–H and O–H groups in total. The van der Waals surface area contributed by atoms with Crippen molar-refractivity contribution in [2.24, 2.45) is 11.8 Å². The van der Waals surface area contributed by atoms with Gasteiger partial charge in [-0.05, 0) is 45.5 Å². The summed E-state index contributed by atoms with van der Waals surface area (Å²) in [5, 5.41) is 2.75. The molecule has 2 aliphatic carbocycles. The minimum absolute atomic E-state index is 0.557. The molecule has 2 aliphatic rings. The van der Waals surface area contributed by atoms with Crippen LogP contribution in [-0.4, -0.2) is 0 Å². The van der Waals surface area contributed by atoms with E-state index in [1.165, 1.54) is 21.6 Å². The van der Waals surface area contributed by atoms with Crippen LogP contribution in [0.15, 0.2) is 24.3 Å². The first-order valence-electron chi connectivity index (χ1n) is 5.96. The lowest BCUT2D eigenvalue weighted by atomic mass is 9.93. The SMILES string of the molecule is CC1C=Cc2cc3c(cc2=C1)C=CC(C)C=3. The Kier molecular flexibility index (Phi) is 2.10. The third-order valence-electron chi connectivity index (χ3n) is 3.33. The molecule has 80 valence electrons. The summed E-state index contributed by atoms with van der Waals surface area (Å²) in [5.74, 6) is 1.11. The fourth-order valence-electron chi connectivity index (χ4n) is 2.43. The van der Waals surface area contributed by atoms with Crippen molar-refractivity contribution in [3.05, 3.63) is 45.8 Å². The highest BCUT2D eigenvalue weighted by atomic mass is 14.1. The van der Waals surface area contributed by atoms with Crippen molar-refractivity contribution in [2.75, 3.05) is 0 Å². The van der Waals surface area contributed by atoms with Crippen molar-refractivity contribution in [3.8, 4) is 0 Å². The molecule has 0 saturated heterocycles. The summed E-state index contributed by atoms with van der Waals surface area (Å²) < 4.78 is 0. The zero-order valence-electron chi connectivity index (χ0n) is 9.77. The van der Waals surface area contributed by atoms with Crippen molar-refractivity contribution in [1.29, 1.82) is 0 Å². The van der Waals surface area contributed by atoms with E-state index >= 15 is 0 Å². The van der Waals surface area contributed by atoms with Gasteiger partial charge in [-0.15, -0.1) is 0 Å². The van der Waals surface area contributed by atoms with Crippen LogP contribution < -0.4 is 10.4 Å². The molecule has 1 aromatic carbocycles. The second kappa shape index (κ2) is 3.48. The first-order chi connectivity index (χ1) is 7.72. The molecule has 0 heterocycles. The standard InChI is InChI=1S/C16H16/c1-11-3-5-13-10-16-8-12(2)4-6-14(16)9-15(13)7-11/h3-12H,1-2H3. The Labute approximate surface area is 96.3 Å². The zero-order valence-corrected chi connectivity index (χ0v) is 9.77. The van der Waals surface area contributed by atoms with E-state index in [-0.39, 0.29) is 0 Å². The Hall–Kier alpha value is -1.56. The van der Waals surface area contributed by atoms with Gasteiger partial charge in [0.25, 0.3) is 0 Å². The number of allylic oxidation sites excluding steroid dienone is 2. The summed E-state index contributed by atoms with van der Waals surface area (Å²) in [5.41, 5.74) is 2.71. The molecular weight excluding hydrogens is 192 g/mol. The van der Waals surface area contributed by atoms with Crippen molar-refractivity contribution in [1.82, 2.24) is 0 Å². The average molecular weight is 208 g/mol. The Morgan fingerprint density at radius 2 is 1.19 bits per heavy atom. The Morgan fingerprint density at radius 1 is 0.750 bits per heavy atom. The zero-order chi connectivity index (χ0) is 11.1. The van der Waals surface area contributed by atoms with Gasteiger partial charge in [-0.25, -0.2) is 0 Å².